The van der Waals surface area contributed by atoms with Crippen molar-refractivity contribution in [2.45, 2.75) is 13.3 Å². The Kier molecular flexibility index (Phi) is 5.44. The Morgan fingerprint density at radius 2 is 1.69 bits per heavy atom. The summed E-state index contributed by atoms with van der Waals surface area (Å²) in [4.78, 5) is 18.2. The van der Waals surface area contributed by atoms with Gasteiger partial charge in [0.2, 0.25) is 5.91 Å². The first-order valence-corrected chi connectivity index (χ1v) is 11.2. The van der Waals surface area contributed by atoms with Crippen LogP contribution in [-0.4, -0.2) is 15.3 Å². The molecule has 0 atom stereocenters. The number of carbonyl (C=O) groups excluding carboxylic acids is 1. The van der Waals surface area contributed by atoms with E-state index < -0.39 is 0 Å². The molecule has 158 valence electrons. The van der Waals surface area contributed by atoms with Crippen LogP contribution in [0.3, 0.4) is 0 Å². The van der Waals surface area contributed by atoms with Crippen molar-refractivity contribution in [1.82, 2.24) is 9.38 Å². The SMILES string of the molecule is Cc1ccc(-c2cn3c(CC(=O)Nc4ccc(Oc5ccccc5)cc4)csc3n2)cc1. The number of aryl methyl sites for hydroxylation is 1. The second-order valence-electron chi connectivity index (χ2n) is 7.54. The first-order valence-electron chi connectivity index (χ1n) is 10.3. The normalized spacial score (nSPS) is 10.9. The number of hydrogen-bond donors (Lipinski definition) is 1. The zero-order valence-electron chi connectivity index (χ0n) is 17.5. The Morgan fingerprint density at radius 3 is 2.44 bits per heavy atom. The van der Waals surface area contributed by atoms with E-state index in [1.165, 1.54) is 16.9 Å². The van der Waals surface area contributed by atoms with Gasteiger partial charge in [-0.2, -0.15) is 0 Å². The van der Waals surface area contributed by atoms with Gasteiger partial charge in [-0.05, 0) is 43.3 Å². The maximum Gasteiger partial charge on any atom is 0.230 e. The van der Waals surface area contributed by atoms with E-state index in [9.17, 15) is 4.79 Å². The lowest BCUT2D eigenvalue weighted by molar-refractivity contribution is -0.115. The summed E-state index contributed by atoms with van der Waals surface area (Å²) in [6.45, 7) is 2.07. The molecule has 0 saturated carbocycles. The maximum atomic E-state index is 12.6. The molecule has 0 radical (unpaired) electrons. The highest BCUT2D eigenvalue weighted by Crippen LogP contribution is 2.25. The largest absolute Gasteiger partial charge is 0.457 e. The number of aromatic nitrogens is 2. The van der Waals surface area contributed by atoms with Crippen LogP contribution in [-0.2, 0) is 11.2 Å². The van der Waals surface area contributed by atoms with Gasteiger partial charge in [0, 0.05) is 28.5 Å². The second-order valence-corrected chi connectivity index (χ2v) is 8.37. The fourth-order valence-corrected chi connectivity index (χ4v) is 4.29. The molecule has 2 heterocycles. The molecule has 5 aromatic rings. The van der Waals surface area contributed by atoms with E-state index in [0.29, 0.717) is 0 Å². The molecular formula is C26H21N3O2S. The monoisotopic (exact) mass is 439 g/mol. The van der Waals surface area contributed by atoms with Crippen LogP contribution in [0.5, 0.6) is 11.5 Å². The number of amides is 1. The number of rotatable bonds is 6. The molecule has 1 N–H and O–H groups in total. The molecule has 0 aliphatic heterocycles. The summed E-state index contributed by atoms with van der Waals surface area (Å²) in [5, 5.41) is 4.94. The lowest BCUT2D eigenvalue weighted by atomic mass is 10.1. The number of imidazole rings is 1. The number of ether oxygens (including phenoxy) is 1. The van der Waals surface area contributed by atoms with Gasteiger partial charge in [0.25, 0.3) is 0 Å². The lowest BCUT2D eigenvalue weighted by Crippen LogP contribution is -2.15. The highest BCUT2D eigenvalue weighted by molar-refractivity contribution is 7.15. The molecular weight excluding hydrogens is 418 g/mol. The van der Waals surface area contributed by atoms with Crippen molar-refractivity contribution in [2.24, 2.45) is 0 Å². The average Bonchev–Trinajstić information content (AvgIpc) is 3.38. The Hall–Kier alpha value is -3.90. The molecule has 6 heteroatoms. The minimum atomic E-state index is -0.0768. The van der Waals surface area contributed by atoms with Crippen molar-refractivity contribution in [1.29, 1.82) is 0 Å². The number of hydrogen-bond acceptors (Lipinski definition) is 4. The number of fused-ring (bicyclic) bond motifs is 1. The Balaban J connectivity index is 1.25. The van der Waals surface area contributed by atoms with Gasteiger partial charge in [-0.3, -0.25) is 9.20 Å². The summed E-state index contributed by atoms with van der Waals surface area (Å²) < 4.78 is 7.79. The highest BCUT2D eigenvalue weighted by atomic mass is 32.1. The molecule has 0 spiro atoms. The van der Waals surface area contributed by atoms with Gasteiger partial charge in [0.15, 0.2) is 4.96 Å². The fourth-order valence-electron chi connectivity index (χ4n) is 3.42. The van der Waals surface area contributed by atoms with Gasteiger partial charge in [-0.1, -0.05) is 48.0 Å². The molecule has 5 nitrogen and oxygen atoms in total. The number of benzene rings is 3. The smallest absolute Gasteiger partial charge is 0.230 e. The first-order chi connectivity index (χ1) is 15.6. The number of anilines is 1. The Morgan fingerprint density at radius 1 is 0.969 bits per heavy atom. The standard InChI is InChI=1S/C26H21N3O2S/c1-18-7-9-19(10-8-18)24-16-29-21(17-32-26(29)28-24)15-25(30)27-20-11-13-23(14-12-20)31-22-5-3-2-4-6-22/h2-14,16-17H,15H2,1H3,(H,27,30). The molecule has 0 aliphatic carbocycles. The number of nitrogens with one attached hydrogen (secondary N) is 1. The molecule has 0 unspecified atom stereocenters. The van der Waals surface area contributed by atoms with E-state index in [4.69, 9.17) is 9.72 Å². The van der Waals surface area contributed by atoms with Crippen LogP contribution in [0.15, 0.2) is 90.4 Å². The molecule has 0 bridgehead atoms. The highest BCUT2D eigenvalue weighted by Gasteiger charge is 2.13. The molecule has 0 aliphatic rings. The number of para-hydroxylation sites is 1. The van der Waals surface area contributed by atoms with Gasteiger partial charge >= 0.3 is 0 Å². The van der Waals surface area contributed by atoms with Crippen molar-refractivity contribution in [3.63, 3.8) is 0 Å². The van der Waals surface area contributed by atoms with E-state index in [1.54, 1.807) is 0 Å². The van der Waals surface area contributed by atoms with Crippen molar-refractivity contribution < 1.29 is 9.53 Å². The Bertz CT molecular complexity index is 1350. The third-order valence-corrected chi connectivity index (χ3v) is 5.98. The van der Waals surface area contributed by atoms with Crippen LogP contribution in [0.25, 0.3) is 16.2 Å². The maximum absolute atomic E-state index is 12.6. The van der Waals surface area contributed by atoms with Crippen molar-refractivity contribution >= 4 is 27.9 Å². The average molecular weight is 440 g/mol. The van der Waals surface area contributed by atoms with Crippen LogP contribution < -0.4 is 10.1 Å². The summed E-state index contributed by atoms with van der Waals surface area (Å²) in [6, 6.07) is 25.3. The van der Waals surface area contributed by atoms with E-state index in [-0.39, 0.29) is 12.3 Å². The van der Waals surface area contributed by atoms with Crippen LogP contribution in [0, 0.1) is 6.92 Å². The molecule has 3 aromatic carbocycles. The molecule has 0 fully saturated rings. The summed E-state index contributed by atoms with van der Waals surface area (Å²) in [6.07, 6.45) is 2.26. The third-order valence-electron chi connectivity index (χ3n) is 5.09. The molecule has 2 aromatic heterocycles. The van der Waals surface area contributed by atoms with E-state index in [0.717, 1.165) is 39.1 Å². The first kappa shape index (κ1) is 20.0. The summed E-state index contributed by atoms with van der Waals surface area (Å²) in [7, 11) is 0. The molecule has 0 saturated heterocycles. The van der Waals surface area contributed by atoms with Crippen LogP contribution in [0.4, 0.5) is 5.69 Å². The minimum absolute atomic E-state index is 0.0768. The number of carbonyl (C=O) groups is 1. The predicted octanol–water partition coefficient (Wildman–Crippen LogP) is 6.34. The third kappa shape index (κ3) is 4.40. The number of thiazole rings is 1. The van der Waals surface area contributed by atoms with Crippen molar-refractivity contribution in [3.05, 3.63) is 102 Å². The van der Waals surface area contributed by atoms with Gasteiger partial charge in [0.1, 0.15) is 11.5 Å². The van der Waals surface area contributed by atoms with E-state index in [1.807, 2.05) is 70.6 Å². The van der Waals surface area contributed by atoms with Gasteiger partial charge in [-0.25, -0.2) is 4.98 Å². The number of nitrogens with zero attached hydrogens (tertiary/aromatic N) is 2. The van der Waals surface area contributed by atoms with Crippen LogP contribution >= 0.6 is 11.3 Å². The minimum Gasteiger partial charge on any atom is -0.457 e. The van der Waals surface area contributed by atoms with E-state index >= 15 is 0 Å². The van der Waals surface area contributed by atoms with Crippen LogP contribution in [0.2, 0.25) is 0 Å². The summed E-state index contributed by atoms with van der Waals surface area (Å²) >= 11 is 1.54. The lowest BCUT2D eigenvalue weighted by Gasteiger charge is -2.08. The summed E-state index contributed by atoms with van der Waals surface area (Å²) in [5.74, 6) is 1.42. The summed E-state index contributed by atoms with van der Waals surface area (Å²) in [5.41, 5.74) is 4.84. The fraction of sp³-hybridized carbons (Fsp3) is 0.0769. The molecule has 32 heavy (non-hydrogen) atoms. The second kappa shape index (κ2) is 8.69. The van der Waals surface area contributed by atoms with Gasteiger partial charge in [0.05, 0.1) is 12.1 Å². The Labute approximate surface area is 190 Å². The molecule has 1 amide bonds. The zero-order valence-corrected chi connectivity index (χ0v) is 18.3. The van der Waals surface area contributed by atoms with Gasteiger partial charge in [-0.15, -0.1) is 11.3 Å². The van der Waals surface area contributed by atoms with Crippen molar-refractivity contribution in [3.8, 4) is 22.8 Å². The zero-order chi connectivity index (χ0) is 21.9. The van der Waals surface area contributed by atoms with Crippen molar-refractivity contribution in [2.75, 3.05) is 5.32 Å². The van der Waals surface area contributed by atoms with E-state index in [2.05, 4.69) is 36.5 Å². The van der Waals surface area contributed by atoms with Gasteiger partial charge < -0.3 is 10.1 Å². The van der Waals surface area contributed by atoms with Crippen LogP contribution in [0.1, 0.15) is 11.3 Å². The quantitative estimate of drug-likeness (QED) is 0.336. The molecule has 5 rings (SSSR count). The topological polar surface area (TPSA) is 55.6 Å². The predicted molar refractivity (Wildman–Crippen MR) is 129 cm³/mol.